The van der Waals surface area contributed by atoms with E-state index in [0.29, 0.717) is 12.3 Å². The van der Waals surface area contributed by atoms with E-state index >= 15 is 0 Å². The van der Waals surface area contributed by atoms with Gasteiger partial charge in [0.15, 0.2) is 0 Å². The Morgan fingerprint density at radius 2 is 2.21 bits per heavy atom. The third-order valence-electron chi connectivity index (χ3n) is 3.99. The molecule has 1 unspecified atom stereocenters. The maximum absolute atomic E-state index is 8.94. The summed E-state index contributed by atoms with van der Waals surface area (Å²) in [6.07, 6.45) is 6.89. The van der Waals surface area contributed by atoms with Crippen molar-refractivity contribution in [1.82, 2.24) is 15.0 Å². The van der Waals surface area contributed by atoms with E-state index in [0.717, 1.165) is 18.5 Å². The minimum absolute atomic E-state index is 0.211. The Bertz CT molecular complexity index is 443. The minimum atomic E-state index is 0.211. The smallest absolute Gasteiger partial charge is 0.100 e. The first kappa shape index (κ1) is 14.0. The van der Waals surface area contributed by atoms with Gasteiger partial charge in [-0.2, -0.15) is 5.26 Å². The molecule has 1 fully saturated rings. The molecule has 0 radical (unpaired) electrons. The molecule has 0 aliphatic heterocycles. The Hall–Kier alpha value is -1.41. The molecule has 0 spiro atoms. The van der Waals surface area contributed by atoms with Crippen LogP contribution in [-0.2, 0) is 6.42 Å². The van der Waals surface area contributed by atoms with E-state index in [1.165, 1.54) is 31.4 Å². The van der Waals surface area contributed by atoms with E-state index in [1.54, 1.807) is 0 Å². The molecule has 0 amide bonds. The summed E-state index contributed by atoms with van der Waals surface area (Å²) in [5.41, 5.74) is 2.02. The van der Waals surface area contributed by atoms with Crippen molar-refractivity contribution in [3.05, 3.63) is 11.4 Å². The van der Waals surface area contributed by atoms with Crippen LogP contribution in [0.4, 0.5) is 0 Å². The van der Waals surface area contributed by atoms with Crippen LogP contribution < -0.4 is 0 Å². The van der Waals surface area contributed by atoms with Gasteiger partial charge in [0, 0.05) is 12.5 Å². The Morgan fingerprint density at radius 3 is 2.84 bits per heavy atom. The van der Waals surface area contributed by atoms with Crippen molar-refractivity contribution in [1.29, 1.82) is 5.26 Å². The predicted octanol–water partition coefficient (Wildman–Crippen LogP) is 2.34. The summed E-state index contributed by atoms with van der Waals surface area (Å²) in [4.78, 5) is 0. The van der Waals surface area contributed by atoms with Crippen LogP contribution >= 0.6 is 0 Å². The molecule has 5 nitrogen and oxygen atoms in total. The summed E-state index contributed by atoms with van der Waals surface area (Å²) in [5, 5.41) is 26.3. The maximum Gasteiger partial charge on any atom is 0.100 e. The summed E-state index contributed by atoms with van der Waals surface area (Å²) >= 11 is 0. The molecular weight excluding hydrogens is 240 g/mol. The molecule has 2 rings (SSSR count). The lowest BCUT2D eigenvalue weighted by Gasteiger charge is -2.18. The molecular formula is C14H22N4O. The number of aromatic nitrogens is 3. The second-order valence-corrected chi connectivity index (χ2v) is 5.40. The molecule has 19 heavy (non-hydrogen) atoms. The van der Waals surface area contributed by atoms with Gasteiger partial charge in [-0.25, -0.2) is 4.68 Å². The average Bonchev–Trinajstić information content (AvgIpc) is 3.04. The fraction of sp³-hybridized carbons (Fsp3) is 0.786. The van der Waals surface area contributed by atoms with E-state index in [-0.39, 0.29) is 12.6 Å². The Labute approximate surface area is 114 Å². The van der Waals surface area contributed by atoms with Crippen molar-refractivity contribution in [2.45, 2.75) is 63.8 Å². The minimum Gasteiger partial charge on any atom is -0.396 e. The van der Waals surface area contributed by atoms with Crippen molar-refractivity contribution in [2.24, 2.45) is 0 Å². The summed E-state index contributed by atoms with van der Waals surface area (Å²) < 4.78 is 2.00. The van der Waals surface area contributed by atoms with Gasteiger partial charge in [0.2, 0.25) is 0 Å². The zero-order valence-corrected chi connectivity index (χ0v) is 11.5. The van der Waals surface area contributed by atoms with E-state index in [9.17, 15) is 0 Å². The topological polar surface area (TPSA) is 74.7 Å². The van der Waals surface area contributed by atoms with Gasteiger partial charge >= 0.3 is 0 Å². The van der Waals surface area contributed by atoms with E-state index in [4.69, 9.17) is 10.4 Å². The van der Waals surface area contributed by atoms with Crippen molar-refractivity contribution in [3.8, 4) is 6.07 Å². The molecule has 1 aliphatic rings. The second kappa shape index (κ2) is 6.67. The van der Waals surface area contributed by atoms with Gasteiger partial charge in [0.25, 0.3) is 0 Å². The van der Waals surface area contributed by atoms with Gasteiger partial charge in [0.1, 0.15) is 5.69 Å². The van der Waals surface area contributed by atoms with Crippen molar-refractivity contribution < 1.29 is 5.11 Å². The molecule has 1 aliphatic carbocycles. The largest absolute Gasteiger partial charge is 0.396 e. The Kier molecular flexibility index (Phi) is 4.92. The molecule has 1 aromatic rings. The molecule has 5 heteroatoms. The van der Waals surface area contributed by atoms with E-state index < -0.39 is 0 Å². The van der Waals surface area contributed by atoms with Crippen LogP contribution in [0.3, 0.4) is 0 Å². The fourth-order valence-electron chi connectivity index (χ4n) is 2.99. The summed E-state index contributed by atoms with van der Waals surface area (Å²) in [6.45, 7) is 2.32. The first-order valence-electron chi connectivity index (χ1n) is 7.19. The maximum atomic E-state index is 8.94. The van der Waals surface area contributed by atoms with Gasteiger partial charge in [-0.05, 0) is 32.6 Å². The van der Waals surface area contributed by atoms with Crippen LogP contribution in [0.1, 0.15) is 68.8 Å². The number of nitrogens with zero attached hydrogens (tertiary/aromatic N) is 4. The van der Waals surface area contributed by atoms with Crippen molar-refractivity contribution >= 4 is 0 Å². The quantitative estimate of drug-likeness (QED) is 0.853. The summed E-state index contributed by atoms with van der Waals surface area (Å²) in [7, 11) is 0. The SMILES string of the molecule is CC(CCCO)n1nnc(CC#N)c1C1CCCC1. The van der Waals surface area contributed by atoms with Gasteiger partial charge in [0.05, 0.1) is 24.2 Å². The third kappa shape index (κ3) is 3.13. The van der Waals surface area contributed by atoms with Gasteiger partial charge < -0.3 is 5.11 Å². The molecule has 104 valence electrons. The van der Waals surface area contributed by atoms with Crippen LogP contribution in [0.5, 0.6) is 0 Å². The molecule has 1 aromatic heterocycles. The summed E-state index contributed by atoms with van der Waals surface area (Å²) in [5.74, 6) is 0.509. The lowest BCUT2D eigenvalue weighted by atomic mass is 10.00. The number of hydrogen-bond acceptors (Lipinski definition) is 4. The van der Waals surface area contributed by atoms with Gasteiger partial charge in [-0.1, -0.05) is 18.1 Å². The van der Waals surface area contributed by atoms with Crippen molar-refractivity contribution in [3.63, 3.8) is 0 Å². The van der Waals surface area contributed by atoms with Crippen LogP contribution in [0, 0.1) is 11.3 Å². The standard InChI is InChI=1S/C14H22N4O/c1-11(5-4-10-19)18-14(12-6-2-3-7-12)13(8-9-15)16-17-18/h11-12,19H,2-8,10H2,1H3. The van der Waals surface area contributed by atoms with Crippen molar-refractivity contribution in [2.75, 3.05) is 6.61 Å². The average molecular weight is 262 g/mol. The molecule has 0 bridgehead atoms. The van der Waals surface area contributed by atoms with Gasteiger partial charge in [-0.15, -0.1) is 5.10 Å². The molecule has 1 heterocycles. The lowest BCUT2D eigenvalue weighted by molar-refractivity contribution is 0.269. The van der Waals surface area contributed by atoms with Gasteiger partial charge in [-0.3, -0.25) is 0 Å². The highest BCUT2D eigenvalue weighted by Crippen LogP contribution is 2.36. The molecule has 1 atom stereocenters. The molecule has 0 aromatic carbocycles. The fourth-order valence-corrected chi connectivity index (χ4v) is 2.99. The number of hydrogen-bond donors (Lipinski definition) is 1. The van der Waals surface area contributed by atoms with Crippen LogP contribution in [0.25, 0.3) is 0 Å². The summed E-state index contributed by atoms with van der Waals surface area (Å²) in [6, 6.07) is 2.43. The Morgan fingerprint density at radius 1 is 1.47 bits per heavy atom. The number of rotatable bonds is 6. The predicted molar refractivity (Wildman–Crippen MR) is 71.6 cm³/mol. The second-order valence-electron chi connectivity index (χ2n) is 5.40. The highest BCUT2D eigenvalue weighted by molar-refractivity contribution is 5.20. The van der Waals surface area contributed by atoms with E-state index in [2.05, 4.69) is 23.3 Å². The number of aliphatic hydroxyl groups excluding tert-OH is 1. The zero-order chi connectivity index (χ0) is 13.7. The monoisotopic (exact) mass is 262 g/mol. The molecule has 0 saturated heterocycles. The highest BCUT2D eigenvalue weighted by Gasteiger charge is 2.27. The van der Waals surface area contributed by atoms with Crippen LogP contribution in [0.2, 0.25) is 0 Å². The first-order valence-corrected chi connectivity index (χ1v) is 7.19. The van der Waals surface area contributed by atoms with Crippen LogP contribution in [-0.4, -0.2) is 26.7 Å². The zero-order valence-electron chi connectivity index (χ0n) is 11.5. The normalized spacial score (nSPS) is 17.5. The highest BCUT2D eigenvalue weighted by atomic mass is 16.2. The molecule has 1 N–H and O–H groups in total. The number of aliphatic hydroxyl groups is 1. The number of nitriles is 1. The first-order chi connectivity index (χ1) is 9.27. The lowest BCUT2D eigenvalue weighted by Crippen LogP contribution is -2.14. The third-order valence-corrected chi connectivity index (χ3v) is 3.99. The Balaban J connectivity index is 2.24. The van der Waals surface area contributed by atoms with Crippen LogP contribution in [0.15, 0.2) is 0 Å². The van der Waals surface area contributed by atoms with E-state index in [1.807, 2.05) is 4.68 Å². The molecule has 1 saturated carbocycles.